The van der Waals surface area contributed by atoms with E-state index in [-0.39, 0.29) is 0 Å². The predicted octanol–water partition coefficient (Wildman–Crippen LogP) is 23.8. The summed E-state index contributed by atoms with van der Waals surface area (Å²) in [5.74, 6) is 0. The number of fused-ring (bicyclic) bond motifs is 8. The molecule has 0 aliphatic heterocycles. The van der Waals surface area contributed by atoms with E-state index in [2.05, 4.69) is 214 Å². The van der Waals surface area contributed by atoms with Gasteiger partial charge in [0.25, 0.3) is 0 Å². The minimum absolute atomic E-state index is 0.832. The Morgan fingerprint density at radius 1 is 0.370 bits per heavy atom. The molecular weight excluding hydrogens is 1310 g/mol. The van der Waals surface area contributed by atoms with Crippen LogP contribution in [-0.2, 0) is 21.1 Å². The molecule has 0 spiro atoms. The molecule has 0 radical (unpaired) electrons. The Bertz CT molecular complexity index is 5030. The Labute approximate surface area is 601 Å². The van der Waals surface area contributed by atoms with Crippen molar-refractivity contribution in [3.05, 3.63) is 292 Å². The third kappa shape index (κ3) is 20.1. The highest BCUT2D eigenvalue weighted by Crippen LogP contribution is 2.32. The summed E-state index contributed by atoms with van der Waals surface area (Å²) in [5.41, 5.74) is 12.6. The standard InChI is InChI=1S/C13H12.2C12H11N.2C10H11N3.C9H10N4.2C9H8S2/c1-2-6-11-8-5-9-12-7-3-4-10-13(11)12;1-2-5-10-6-3-7-11-8-4-9-13-12(10)11;1-2-4-10-5-3-6-11-7-8-13-9-12(10)11;1-3-4-8-5-11-6-10-9(8)7-13(2)12-10;1-3-4-8-10-9(5-6-11-8)13(2)7-12-10;1-3-4-7-5-10-6-8-9(7)12-13(2)11-8;1-2-3-8-6-7-4-5-10-9(7)11-8;1-2-3-7-6-9-8(11-7)4-5-10-9/h2-10H,1H3;2*2-9H,1H3;2*3-7H,1-2H3;3-6H,1-2H3;2*2-6H,1H3/b6-2+;5-2+;4-2+;3*4-3+;2*3-2+. The van der Waals surface area contributed by atoms with Gasteiger partial charge in [-0.2, -0.15) is 20.1 Å². The number of rotatable bonds is 8. The zero-order valence-corrected chi connectivity index (χ0v) is 61.6. The normalized spacial score (nSPS) is 11.4. The van der Waals surface area contributed by atoms with Crippen molar-refractivity contribution < 1.29 is 0 Å². The number of pyridine rings is 5. The van der Waals surface area contributed by atoms with E-state index in [9.17, 15) is 0 Å². The number of benzene rings is 4. The maximum atomic E-state index is 4.35. The highest BCUT2D eigenvalue weighted by atomic mass is 32.2. The van der Waals surface area contributed by atoms with Gasteiger partial charge in [-0.15, -0.1) is 45.3 Å². The molecule has 0 saturated carbocycles. The van der Waals surface area contributed by atoms with Crippen LogP contribution >= 0.6 is 45.3 Å². The van der Waals surface area contributed by atoms with Crippen molar-refractivity contribution in [2.45, 2.75) is 55.4 Å². The molecule has 4 aromatic carbocycles. The Kier molecular flexibility index (Phi) is 28.0. The summed E-state index contributed by atoms with van der Waals surface area (Å²) in [5, 5.41) is 25.8. The Morgan fingerprint density at radius 2 is 0.980 bits per heavy atom. The Morgan fingerprint density at radius 3 is 1.70 bits per heavy atom. The molecule has 16 aromatic rings. The first kappa shape index (κ1) is 73.2. The van der Waals surface area contributed by atoms with E-state index < -0.39 is 0 Å². The van der Waals surface area contributed by atoms with Crippen LogP contribution in [0.2, 0.25) is 0 Å². The molecule has 0 fully saturated rings. The van der Waals surface area contributed by atoms with E-state index in [0.717, 1.165) is 55.3 Å². The monoisotopic (exact) mass is 1390 g/mol. The first-order valence-corrected chi connectivity index (χ1v) is 36.2. The van der Waals surface area contributed by atoms with Crippen LogP contribution < -0.4 is 0 Å². The van der Waals surface area contributed by atoms with E-state index in [1.807, 2.05) is 217 Å². The van der Waals surface area contributed by atoms with Gasteiger partial charge in [0.1, 0.15) is 22.1 Å². The fraction of sp³-hybridized carbons (Fsp3) is 0.131. The number of aromatic nitrogens is 12. The minimum Gasteiger partial charge on any atom is -0.334 e. The van der Waals surface area contributed by atoms with Crippen molar-refractivity contribution >= 4 is 178 Å². The van der Waals surface area contributed by atoms with Gasteiger partial charge in [-0.3, -0.25) is 29.6 Å². The molecule has 12 nitrogen and oxygen atoms in total. The van der Waals surface area contributed by atoms with Gasteiger partial charge in [0, 0.05) is 122 Å². The van der Waals surface area contributed by atoms with Crippen molar-refractivity contribution in [3.8, 4) is 0 Å². The lowest BCUT2D eigenvalue weighted by molar-refractivity contribution is 0.665. The molecule has 502 valence electrons. The lowest BCUT2D eigenvalue weighted by Gasteiger charge is -2.00. The van der Waals surface area contributed by atoms with Crippen LogP contribution in [0.5, 0.6) is 0 Å². The van der Waals surface area contributed by atoms with Gasteiger partial charge in [-0.1, -0.05) is 164 Å². The molecule has 0 atom stereocenters. The van der Waals surface area contributed by atoms with Gasteiger partial charge in [0.15, 0.2) is 0 Å². The van der Waals surface area contributed by atoms with Gasteiger partial charge in [-0.25, -0.2) is 4.98 Å². The van der Waals surface area contributed by atoms with Gasteiger partial charge in [-0.05, 0) is 154 Å². The lowest BCUT2D eigenvalue weighted by atomic mass is 10.0. The van der Waals surface area contributed by atoms with Crippen molar-refractivity contribution in [3.63, 3.8) is 0 Å². The van der Waals surface area contributed by atoms with Crippen LogP contribution in [0.15, 0.2) is 249 Å². The second-order valence-corrected chi connectivity index (χ2v) is 26.5. The maximum Gasteiger partial charge on any atom is 0.132 e. The van der Waals surface area contributed by atoms with Crippen LogP contribution in [0.3, 0.4) is 0 Å². The second kappa shape index (κ2) is 38.2. The first-order chi connectivity index (χ1) is 49.0. The van der Waals surface area contributed by atoms with Crippen LogP contribution in [0, 0.1) is 0 Å². The molecule has 0 bridgehead atoms. The molecule has 0 aliphatic rings. The van der Waals surface area contributed by atoms with Crippen LogP contribution in [0.1, 0.15) is 98.7 Å². The molecule has 0 N–H and O–H groups in total. The zero-order chi connectivity index (χ0) is 70.4. The van der Waals surface area contributed by atoms with Crippen molar-refractivity contribution in [1.29, 1.82) is 0 Å². The quantitative estimate of drug-likeness (QED) is 0.146. The SMILES string of the molecule is C/C=C/c1cc2ccsc2s1.C/C=C/c1cc2sccc2s1.C/C=C/c1cccc2ccccc12.C/C=C/c1cccc2cccnc12.C/C=C/c1cccc2ccncc12.C/C=C/c1cncc2nn(C)cc12.C/C=C/c1cncc2nn(C)nc12.C/C=C/c1nccc2c1ncn2C. The minimum atomic E-state index is 0.832. The molecule has 16 rings (SSSR count). The second-order valence-electron chi connectivity index (χ2n) is 22.2. The van der Waals surface area contributed by atoms with Gasteiger partial charge in [0.05, 0.1) is 39.5 Å². The molecular formula is C84H82N12S4. The molecule has 0 unspecified atom stereocenters. The summed E-state index contributed by atoms with van der Waals surface area (Å²) < 4.78 is 8.04. The number of thiophene rings is 4. The Hall–Kier alpha value is -11.0. The highest BCUT2D eigenvalue weighted by Gasteiger charge is 2.07. The smallest absolute Gasteiger partial charge is 0.132 e. The topological polar surface area (TPSA) is 131 Å². The number of hydrogen-bond acceptors (Lipinski definition) is 13. The third-order valence-electron chi connectivity index (χ3n) is 14.9. The fourth-order valence-electron chi connectivity index (χ4n) is 10.6. The molecule has 16 heteroatoms. The molecule has 12 heterocycles. The number of imidazole rings is 1. The molecule has 0 amide bonds. The fourth-order valence-corrected chi connectivity index (χ4v) is 14.8. The summed E-state index contributed by atoms with van der Waals surface area (Å²) in [6.45, 7) is 16.1. The van der Waals surface area contributed by atoms with Crippen molar-refractivity contribution in [1.82, 2.24) is 59.2 Å². The van der Waals surface area contributed by atoms with Gasteiger partial charge < -0.3 is 4.57 Å². The number of para-hydroxylation sites is 1. The van der Waals surface area contributed by atoms with Crippen molar-refractivity contribution in [2.24, 2.45) is 21.1 Å². The van der Waals surface area contributed by atoms with Crippen molar-refractivity contribution in [2.75, 3.05) is 0 Å². The number of aryl methyl sites for hydroxylation is 3. The predicted molar refractivity (Wildman–Crippen MR) is 438 cm³/mol. The van der Waals surface area contributed by atoms with E-state index in [1.54, 1.807) is 47.6 Å². The summed E-state index contributed by atoms with van der Waals surface area (Å²) >= 11 is 7.34. The van der Waals surface area contributed by atoms with E-state index in [0.29, 0.717) is 0 Å². The summed E-state index contributed by atoms with van der Waals surface area (Å²) in [6, 6.07) is 44.2. The number of allylic oxidation sites excluding steroid dienone is 8. The van der Waals surface area contributed by atoms with E-state index in [4.69, 9.17) is 0 Å². The van der Waals surface area contributed by atoms with E-state index >= 15 is 0 Å². The maximum absolute atomic E-state index is 4.35. The van der Waals surface area contributed by atoms with E-state index in [1.165, 1.54) is 72.2 Å². The highest BCUT2D eigenvalue weighted by molar-refractivity contribution is 7.37. The van der Waals surface area contributed by atoms with Crippen LogP contribution in [0.25, 0.3) is 133 Å². The Balaban J connectivity index is 0.000000133. The summed E-state index contributed by atoms with van der Waals surface area (Å²) in [6.07, 6.45) is 51.2. The van der Waals surface area contributed by atoms with Crippen LogP contribution in [0.4, 0.5) is 0 Å². The van der Waals surface area contributed by atoms with Gasteiger partial charge in [0.2, 0.25) is 0 Å². The molecule has 0 aliphatic carbocycles. The number of nitrogens with zero attached hydrogens (tertiary/aromatic N) is 12. The lowest BCUT2D eigenvalue weighted by Crippen LogP contribution is -1.90. The summed E-state index contributed by atoms with van der Waals surface area (Å²) in [7, 11) is 5.70. The molecule has 100 heavy (non-hydrogen) atoms. The third-order valence-corrected chi connectivity index (χ3v) is 19.2. The zero-order valence-electron chi connectivity index (χ0n) is 58.3. The van der Waals surface area contributed by atoms with Gasteiger partial charge >= 0.3 is 0 Å². The first-order valence-electron chi connectivity index (χ1n) is 32.8. The number of hydrogen-bond donors (Lipinski definition) is 0. The largest absolute Gasteiger partial charge is 0.334 e. The average molecular weight is 1390 g/mol. The summed E-state index contributed by atoms with van der Waals surface area (Å²) in [4.78, 5) is 29.5. The van der Waals surface area contributed by atoms with Crippen LogP contribution in [-0.4, -0.2) is 59.2 Å². The average Bonchev–Trinajstić information content (AvgIpc) is 1.67. The molecule has 12 aromatic heterocycles. The molecule has 0 saturated heterocycles.